The lowest BCUT2D eigenvalue weighted by Crippen LogP contribution is -2.43. The van der Waals surface area contributed by atoms with E-state index in [2.05, 4.69) is 164 Å². The summed E-state index contributed by atoms with van der Waals surface area (Å²) < 4.78 is 18.8. The highest BCUT2D eigenvalue weighted by molar-refractivity contribution is 14.1. The number of hydrogen-bond donors (Lipinski definition) is 0. The minimum atomic E-state index is -2.14. The van der Waals surface area contributed by atoms with Gasteiger partial charge in [-0.25, -0.2) is 9.78 Å². The van der Waals surface area contributed by atoms with Crippen molar-refractivity contribution in [1.82, 2.24) is 9.88 Å². The van der Waals surface area contributed by atoms with Crippen LogP contribution in [0.25, 0.3) is 0 Å². The Kier molecular flexibility index (Phi) is 10.6. The van der Waals surface area contributed by atoms with Gasteiger partial charge in [0.15, 0.2) is 8.32 Å². The maximum Gasteiger partial charge on any atom is 0.384 e. The summed E-state index contributed by atoms with van der Waals surface area (Å²) in [4.78, 5) is 19.2. The molecule has 1 saturated heterocycles. The molecule has 0 radical (unpaired) electrons. The largest absolute Gasteiger partial charge is 0.459 e. The molecule has 1 aromatic heterocycles. The van der Waals surface area contributed by atoms with Crippen molar-refractivity contribution >= 4 is 36.9 Å². The lowest BCUT2D eigenvalue weighted by molar-refractivity contribution is -0.133. The molecular formula is C38H43IN2O4Si. The zero-order chi connectivity index (χ0) is 33.0. The number of oxazole rings is 1. The van der Waals surface area contributed by atoms with Crippen LogP contribution >= 0.6 is 22.6 Å². The summed E-state index contributed by atoms with van der Waals surface area (Å²) in [5.74, 6) is 6.54. The van der Waals surface area contributed by atoms with E-state index in [-0.39, 0.29) is 17.1 Å². The lowest BCUT2D eigenvalue weighted by atomic mass is 9.76. The summed E-state index contributed by atoms with van der Waals surface area (Å²) in [5, 5.41) is 0.00421. The molecule has 5 rings (SSSR count). The van der Waals surface area contributed by atoms with E-state index >= 15 is 0 Å². The molecule has 1 fully saturated rings. The normalized spacial score (nSPS) is 18.7. The number of ether oxygens (including phenoxy) is 1. The van der Waals surface area contributed by atoms with Gasteiger partial charge in [-0.05, 0) is 41.2 Å². The van der Waals surface area contributed by atoms with Crippen LogP contribution in [-0.2, 0) is 25.9 Å². The van der Waals surface area contributed by atoms with Crippen LogP contribution in [0.3, 0.4) is 0 Å². The van der Waals surface area contributed by atoms with Gasteiger partial charge in [0, 0.05) is 22.8 Å². The second-order valence-corrected chi connectivity index (χ2v) is 18.9. The molecule has 2 heterocycles. The molecule has 2 unspecified atom stereocenters. The minimum Gasteiger partial charge on any atom is -0.459 e. The summed E-state index contributed by atoms with van der Waals surface area (Å²) in [7, 11) is -0.804. The molecule has 1 aliphatic rings. The number of aryl methyl sites for hydroxylation is 1. The average Bonchev–Trinajstić information content (AvgIpc) is 3.60. The average molecular weight is 747 g/mol. The molecule has 6 nitrogen and oxygen atoms in total. The predicted octanol–water partition coefficient (Wildman–Crippen LogP) is 8.33. The van der Waals surface area contributed by atoms with Crippen LogP contribution in [0.15, 0.2) is 102 Å². The van der Waals surface area contributed by atoms with Gasteiger partial charge >= 0.3 is 5.97 Å². The molecule has 0 bridgehead atoms. The molecule has 46 heavy (non-hydrogen) atoms. The predicted molar refractivity (Wildman–Crippen MR) is 193 cm³/mol. The number of hydrogen-bond acceptors (Lipinski definition) is 6. The molecule has 1 aliphatic heterocycles. The second kappa shape index (κ2) is 14.3. The molecule has 8 heteroatoms. The van der Waals surface area contributed by atoms with Crippen molar-refractivity contribution in [3.05, 3.63) is 126 Å². The number of rotatable bonds is 11. The molecule has 0 aliphatic carbocycles. The van der Waals surface area contributed by atoms with Gasteiger partial charge in [0.2, 0.25) is 5.89 Å². The number of alkyl halides is 1. The summed E-state index contributed by atoms with van der Waals surface area (Å²) in [5.41, 5.74) is 3.06. The summed E-state index contributed by atoms with van der Waals surface area (Å²) in [6.07, 6.45) is 2.58. The van der Waals surface area contributed by atoms with Gasteiger partial charge in [-0.1, -0.05) is 140 Å². The van der Waals surface area contributed by atoms with Crippen LogP contribution in [0.1, 0.15) is 61.6 Å². The number of methoxy groups -OCH3 is 1. The number of carbonyl (C=O) groups excluding carboxylic acids is 1. The number of esters is 1. The van der Waals surface area contributed by atoms with E-state index in [1.165, 1.54) is 23.8 Å². The molecule has 0 amide bonds. The van der Waals surface area contributed by atoms with E-state index in [1.807, 2.05) is 6.20 Å². The quantitative estimate of drug-likeness (QED) is 0.0225. The van der Waals surface area contributed by atoms with E-state index in [0.29, 0.717) is 18.7 Å². The number of nitrogens with zero attached hydrogens (tertiary/aromatic N) is 2. The van der Waals surface area contributed by atoms with Crippen LogP contribution < -0.4 is 0 Å². The highest BCUT2D eigenvalue weighted by Gasteiger charge is 2.62. The van der Waals surface area contributed by atoms with E-state index in [9.17, 15) is 4.79 Å². The Hall–Kier alpha value is -3.23. The van der Waals surface area contributed by atoms with Crippen LogP contribution in [0, 0.1) is 11.8 Å². The third-order valence-electron chi connectivity index (χ3n) is 9.29. The first-order valence-corrected chi connectivity index (χ1v) is 20.2. The first kappa shape index (κ1) is 34.1. The third-order valence-corrected chi connectivity index (χ3v) is 14.7. The Morgan fingerprint density at radius 3 is 1.93 bits per heavy atom. The first-order chi connectivity index (χ1) is 22.0. The van der Waals surface area contributed by atoms with Crippen molar-refractivity contribution in [1.29, 1.82) is 0 Å². The Balaban J connectivity index is 1.47. The number of aromatic nitrogens is 1. The lowest BCUT2D eigenvalue weighted by Gasteiger charge is -2.38. The fourth-order valence-electron chi connectivity index (χ4n) is 5.90. The van der Waals surface area contributed by atoms with Gasteiger partial charge in [-0.2, -0.15) is 0 Å². The second-order valence-electron chi connectivity index (χ2n) is 13.2. The SMILES string of the molecule is COC(=O)C#CC(CCc1cnc([C@@H]2[C@H](CI)N2C(c2ccccc2)(c2ccccc2)c2ccccc2)o1)O[Si](C)(C)C(C)(C)C. The molecule has 4 aromatic rings. The first-order valence-electron chi connectivity index (χ1n) is 15.8. The standard InChI is InChI=1S/C38H43IN2O4Si/c1-37(2,3)46(5,6)45-31(24-25-34(42)43-4)22-23-32-27-40-36(44-32)35-33(26-39)41(35)38(28-16-10-7-11-17-28,29-18-12-8-13-19-29)30-20-14-9-15-21-30/h7-21,27,31,33,35H,22-23,26H2,1-6H3/t31?,33-,35-,41?/m0/s1. The highest BCUT2D eigenvalue weighted by Crippen LogP contribution is 2.58. The Morgan fingerprint density at radius 2 is 1.48 bits per heavy atom. The molecule has 4 atom stereocenters. The van der Waals surface area contributed by atoms with Crippen molar-refractivity contribution in [2.75, 3.05) is 11.5 Å². The summed E-state index contributed by atoms with van der Waals surface area (Å²) in [6.45, 7) is 11.0. The van der Waals surface area contributed by atoms with Crippen molar-refractivity contribution in [2.24, 2.45) is 0 Å². The topological polar surface area (TPSA) is 64.6 Å². The zero-order valence-electron chi connectivity index (χ0n) is 27.5. The van der Waals surface area contributed by atoms with Gasteiger partial charge in [0.25, 0.3) is 0 Å². The molecule has 3 aromatic carbocycles. The van der Waals surface area contributed by atoms with Crippen molar-refractivity contribution in [2.45, 2.75) is 75.5 Å². The van der Waals surface area contributed by atoms with Crippen LogP contribution in [0.5, 0.6) is 0 Å². The molecule has 0 N–H and O–H groups in total. The van der Waals surface area contributed by atoms with Gasteiger partial charge in [0.1, 0.15) is 17.9 Å². The number of benzene rings is 3. The minimum absolute atomic E-state index is 0.00421. The number of halogens is 1. The molecule has 0 saturated carbocycles. The van der Waals surface area contributed by atoms with Gasteiger partial charge in [-0.3, -0.25) is 4.90 Å². The summed E-state index contributed by atoms with van der Waals surface area (Å²) in [6, 6.07) is 32.4. The summed E-state index contributed by atoms with van der Waals surface area (Å²) >= 11 is 2.49. The van der Waals surface area contributed by atoms with Gasteiger partial charge in [0.05, 0.1) is 18.8 Å². The van der Waals surface area contributed by atoms with Crippen molar-refractivity contribution < 1.29 is 18.4 Å². The van der Waals surface area contributed by atoms with Crippen molar-refractivity contribution in [3.63, 3.8) is 0 Å². The zero-order valence-corrected chi connectivity index (χ0v) is 30.7. The van der Waals surface area contributed by atoms with Crippen molar-refractivity contribution in [3.8, 4) is 11.8 Å². The fraction of sp³-hybridized carbons (Fsp3) is 0.368. The van der Waals surface area contributed by atoms with Gasteiger partial charge in [-0.15, -0.1) is 0 Å². The Morgan fingerprint density at radius 1 is 0.957 bits per heavy atom. The molecule has 0 spiro atoms. The third kappa shape index (κ3) is 7.03. The van der Waals surface area contributed by atoms with Crippen LogP contribution in [0.4, 0.5) is 0 Å². The maximum atomic E-state index is 11.8. The fourth-order valence-corrected chi connectivity index (χ4v) is 8.04. The van der Waals surface area contributed by atoms with E-state index < -0.39 is 25.9 Å². The van der Waals surface area contributed by atoms with Crippen LogP contribution in [-0.4, -0.2) is 47.9 Å². The Labute approximate surface area is 288 Å². The van der Waals surface area contributed by atoms with E-state index in [1.54, 1.807) is 0 Å². The Bertz CT molecular complexity index is 1560. The van der Waals surface area contributed by atoms with E-state index in [0.717, 1.165) is 10.2 Å². The van der Waals surface area contributed by atoms with Crippen LogP contribution in [0.2, 0.25) is 18.1 Å². The monoisotopic (exact) mass is 746 g/mol. The smallest absolute Gasteiger partial charge is 0.384 e. The van der Waals surface area contributed by atoms with Gasteiger partial charge < -0.3 is 13.6 Å². The maximum absolute atomic E-state index is 11.8. The molecular weight excluding hydrogens is 703 g/mol. The highest BCUT2D eigenvalue weighted by atomic mass is 127. The number of carbonyl (C=O) groups is 1. The molecule has 240 valence electrons. The van der Waals surface area contributed by atoms with E-state index in [4.69, 9.17) is 18.6 Å².